The topological polar surface area (TPSA) is 51.8 Å². The van der Waals surface area contributed by atoms with Crippen molar-refractivity contribution in [2.45, 2.75) is 0 Å². The van der Waals surface area contributed by atoms with Gasteiger partial charge in [0.1, 0.15) is 5.75 Å². The van der Waals surface area contributed by atoms with Gasteiger partial charge in [-0.3, -0.25) is 0 Å². The summed E-state index contributed by atoms with van der Waals surface area (Å²) in [7, 11) is 3.03. The molecule has 4 heteroatoms. The third-order valence-corrected chi connectivity index (χ3v) is 2.06. The van der Waals surface area contributed by atoms with Gasteiger partial charge in [-0.15, -0.1) is 0 Å². The summed E-state index contributed by atoms with van der Waals surface area (Å²) in [5.74, 6) is 1.06. The second kappa shape index (κ2) is 3.14. The van der Waals surface area contributed by atoms with Crippen LogP contribution in [0.15, 0.2) is 22.8 Å². The number of rotatable bonds is 2. The Morgan fingerprint density at radius 3 is 2.71 bits per heavy atom. The Labute approximate surface area is 80.7 Å². The van der Waals surface area contributed by atoms with Crippen molar-refractivity contribution < 1.29 is 19.0 Å². The molecule has 0 saturated carbocycles. The van der Waals surface area contributed by atoms with E-state index in [1.807, 2.05) is 0 Å². The van der Waals surface area contributed by atoms with Gasteiger partial charge in [-0.2, -0.15) is 0 Å². The van der Waals surface area contributed by atoms with E-state index in [1.165, 1.54) is 26.5 Å². The molecule has 0 aliphatic rings. The van der Waals surface area contributed by atoms with Gasteiger partial charge >= 0.3 is 0 Å². The molecule has 74 valence electrons. The van der Waals surface area contributed by atoms with Gasteiger partial charge in [0.05, 0.1) is 25.9 Å². The average molecular weight is 194 g/mol. The molecule has 1 aromatic carbocycles. The summed E-state index contributed by atoms with van der Waals surface area (Å²) in [5, 5.41) is 10.2. The third kappa shape index (κ3) is 1.08. The standard InChI is InChI=1S/C10H10O4/c1-12-8-5-7(11)6-3-4-14-9(6)10(8)13-2/h3-5,11H,1-2H3. The molecule has 0 amide bonds. The van der Waals surface area contributed by atoms with E-state index in [9.17, 15) is 5.11 Å². The lowest BCUT2D eigenvalue weighted by Crippen LogP contribution is -1.90. The molecule has 0 aliphatic carbocycles. The predicted molar refractivity (Wildman–Crippen MR) is 51.0 cm³/mol. The molecule has 1 N–H and O–H groups in total. The molecule has 14 heavy (non-hydrogen) atoms. The summed E-state index contributed by atoms with van der Waals surface area (Å²) in [4.78, 5) is 0. The summed E-state index contributed by atoms with van der Waals surface area (Å²) >= 11 is 0. The number of methoxy groups -OCH3 is 2. The van der Waals surface area contributed by atoms with Gasteiger partial charge in [0.25, 0.3) is 0 Å². The average Bonchev–Trinajstić information content (AvgIpc) is 2.66. The quantitative estimate of drug-likeness (QED) is 0.795. The van der Waals surface area contributed by atoms with Crippen LogP contribution in [0.5, 0.6) is 17.2 Å². The van der Waals surface area contributed by atoms with Gasteiger partial charge in [0.2, 0.25) is 5.75 Å². The Kier molecular flexibility index (Phi) is 1.96. The van der Waals surface area contributed by atoms with E-state index < -0.39 is 0 Å². The summed E-state index contributed by atoms with van der Waals surface area (Å²) < 4.78 is 15.4. The predicted octanol–water partition coefficient (Wildman–Crippen LogP) is 2.16. The smallest absolute Gasteiger partial charge is 0.204 e. The number of aromatic hydroxyl groups is 1. The van der Waals surface area contributed by atoms with Crippen molar-refractivity contribution in [3.8, 4) is 17.2 Å². The van der Waals surface area contributed by atoms with Crippen molar-refractivity contribution in [1.82, 2.24) is 0 Å². The van der Waals surface area contributed by atoms with Gasteiger partial charge in [0, 0.05) is 6.07 Å². The number of hydrogen-bond acceptors (Lipinski definition) is 4. The third-order valence-electron chi connectivity index (χ3n) is 2.06. The van der Waals surface area contributed by atoms with Crippen molar-refractivity contribution in [3.05, 3.63) is 18.4 Å². The summed E-state index contributed by atoms with van der Waals surface area (Å²) in [6, 6.07) is 3.17. The number of furan rings is 1. The van der Waals surface area contributed by atoms with Crippen LogP contribution in [0.1, 0.15) is 0 Å². The Bertz CT molecular complexity index is 458. The van der Waals surface area contributed by atoms with Crippen molar-refractivity contribution in [3.63, 3.8) is 0 Å². The molecule has 1 aromatic heterocycles. The molecule has 2 aromatic rings. The molecule has 0 unspecified atom stereocenters. The van der Waals surface area contributed by atoms with Crippen LogP contribution in [0.4, 0.5) is 0 Å². The van der Waals surface area contributed by atoms with Crippen LogP contribution in [-0.2, 0) is 0 Å². The number of phenolic OH excluding ortho intramolecular Hbond substituents is 1. The van der Waals surface area contributed by atoms with E-state index in [4.69, 9.17) is 13.9 Å². The zero-order valence-corrected chi connectivity index (χ0v) is 7.90. The highest BCUT2D eigenvalue weighted by Gasteiger charge is 2.15. The fraction of sp³-hybridized carbons (Fsp3) is 0.200. The number of ether oxygens (including phenoxy) is 2. The SMILES string of the molecule is COc1cc(O)c2ccoc2c1OC. The molecular weight excluding hydrogens is 184 g/mol. The normalized spacial score (nSPS) is 10.4. The van der Waals surface area contributed by atoms with E-state index in [0.717, 1.165) is 0 Å². The summed E-state index contributed by atoms with van der Waals surface area (Å²) in [6.07, 6.45) is 1.49. The lowest BCUT2D eigenvalue weighted by molar-refractivity contribution is 0.350. The monoisotopic (exact) mass is 194 g/mol. The first-order chi connectivity index (χ1) is 6.77. The minimum absolute atomic E-state index is 0.117. The van der Waals surface area contributed by atoms with Crippen LogP contribution in [-0.4, -0.2) is 19.3 Å². The summed E-state index contributed by atoms with van der Waals surface area (Å²) in [6.45, 7) is 0. The minimum atomic E-state index is 0.117. The van der Waals surface area contributed by atoms with E-state index in [1.54, 1.807) is 6.07 Å². The number of hydrogen-bond donors (Lipinski definition) is 1. The molecule has 0 radical (unpaired) electrons. The lowest BCUT2D eigenvalue weighted by atomic mass is 10.2. The zero-order chi connectivity index (χ0) is 10.1. The molecule has 0 bridgehead atoms. The second-order valence-corrected chi connectivity index (χ2v) is 2.79. The van der Waals surface area contributed by atoms with E-state index >= 15 is 0 Å². The molecular formula is C10H10O4. The molecule has 0 spiro atoms. The molecule has 0 fully saturated rings. The highest BCUT2D eigenvalue weighted by atomic mass is 16.5. The second-order valence-electron chi connectivity index (χ2n) is 2.79. The molecule has 0 aliphatic heterocycles. The van der Waals surface area contributed by atoms with Gasteiger partial charge in [-0.05, 0) is 6.07 Å². The van der Waals surface area contributed by atoms with Crippen LogP contribution in [0.3, 0.4) is 0 Å². The van der Waals surface area contributed by atoms with Gasteiger partial charge < -0.3 is 19.0 Å². The van der Waals surface area contributed by atoms with Crippen molar-refractivity contribution >= 4 is 11.0 Å². The van der Waals surface area contributed by atoms with Crippen LogP contribution in [0, 0.1) is 0 Å². The zero-order valence-electron chi connectivity index (χ0n) is 7.90. The number of benzene rings is 1. The lowest BCUT2D eigenvalue weighted by Gasteiger charge is -2.08. The number of fused-ring (bicyclic) bond motifs is 1. The molecule has 0 saturated heterocycles. The van der Waals surface area contributed by atoms with Gasteiger partial charge in [-0.25, -0.2) is 0 Å². The highest BCUT2D eigenvalue weighted by molar-refractivity contribution is 5.91. The van der Waals surface area contributed by atoms with E-state index in [0.29, 0.717) is 22.5 Å². The van der Waals surface area contributed by atoms with Crippen LogP contribution in [0.25, 0.3) is 11.0 Å². The van der Waals surface area contributed by atoms with Crippen LogP contribution in [0.2, 0.25) is 0 Å². The largest absolute Gasteiger partial charge is 0.507 e. The van der Waals surface area contributed by atoms with Crippen molar-refractivity contribution in [2.24, 2.45) is 0 Å². The fourth-order valence-corrected chi connectivity index (χ4v) is 1.41. The maximum atomic E-state index is 9.60. The van der Waals surface area contributed by atoms with Gasteiger partial charge in [-0.1, -0.05) is 0 Å². The first-order valence-corrected chi connectivity index (χ1v) is 4.09. The van der Waals surface area contributed by atoms with E-state index in [-0.39, 0.29) is 5.75 Å². The molecule has 1 heterocycles. The van der Waals surface area contributed by atoms with Crippen LogP contribution < -0.4 is 9.47 Å². The Balaban J connectivity index is 2.82. The summed E-state index contributed by atoms with van der Waals surface area (Å²) in [5.41, 5.74) is 0.490. The Hall–Kier alpha value is -1.84. The van der Waals surface area contributed by atoms with Crippen LogP contribution >= 0.6 is 0 Å². The Morgan fingerprint density at radius 1 is 1.29 bits per heavy atom. The van der Waals surface area contributed by atoms with Crippen molar-refractivity contribution in [1.29, 1.82) is 0 Å². The highest BCUT2D eigenvalue weighted by Crippen LogP contribution is 2.41. The molecule has 4 nitrogen and oxygen atoms in total. The maximum Gasteiger partial charge on any atom is 0.204 e. The Morgan fingerprint density at radius 2 is 2.07 bits per heavy atom. The van der Waals surface area contributed by atoms with Gasteiger partial charge in [0.15, 0.2) is 11.3 Å². The first-order valence-electron chi connectivity index (χ1n) is 4.09. The first kappa shape index (κ1) is 8.74. The number of phenols is 1. The van der Waals surface area contributed by atoms with Crippen molar-refractivity contribution in [2.75, 3.05) is 14.2 Å². The van der Waals surface area contributed by atoms with E-state index in [2.05, 4.69) is 0 Å². The maximum absolute atomic E-state index is 9.60. The molecule has 0 atom stereocenters. The fourth-order valence-electron chi connectivity index (χ4n) is 1.41. The molecule has 2 rings (SSSR count). The minimum Gasteiger partial charge on any atom is -0.507 e.